The van der Waals surface area contributed by atoms with Crippen LogP contribution in [-0.2, 0) is 5.41 Å². The second kappa shape index (κ2) is 2.41. The van der Waals surface area contributed by atoms with Gasteiger partial charge in [-0.1, -0.05) is 20.8 Å². The van der Waals surface area contributed by atoms with Crippen molar-refractivity contribution >= 4 is 0 Å². The molecule has 0 fully saturated rings. The van der Waals surface area contributed by atoms with Crippen LogP contribution in [0, 0.1) is 0 Å². The number of fused-ring (bicyclic) bond motifs is 1. The summed E-state index contributed by atoms with van der Waals surface area (Å²) in [5, 5.41) is 0. The molecule has 1 aromatic carbocycles. The highest BCUT2D eigenvalue weighted by molar-refractivity contribution is 5.64. The van der Waals surface area contributed by atoms with Crippen LogP contribution in [-0.4, -0.2) is 7.11 Å². The summed E-state index contributed by atoms with van der Waals surface area (Å²) in [6.07, 6.45) is 0. The fourth-order valence-corrected chi connectivity index (χ4v) is 1.42. The Morgan fingerprint density at radius 1 is 1.23 bits per heavy atom. The fraction of sp³-hybridized carbons (Fsp3) is 0.455. The third-order valence-corrected chi connectivity index (χ3v) is 2.24. The van der Waals surface area contributed by atoms with Crippen LogP contribution in [0.15, 0.2) is 12.1 Å². The zero-order valence-corrected chi connectivity index (χ0v) is 8.47. The van der Waals surface area contributed by atoms with Crippen molar-refractivity contribution < 1.29 is 9.47 Å². The quantitative estimate of drug-likeness (QED) is 0.626. The summed E-state index contributed by atoms with van der Waals surface area (Å²) in [5.74, 6) is 2.87. The van der Waals surface area contributed by atoms with E-state index >= 15 is 0 Å². The zero-order valence-electron chi connectivity index (χ0n) is 8.47. The number of ether oxygens (including phenoxy) is 2. The summed E-state index contributed by atoms with van der Waals surface area (Å²) < 4.78 is 10.5. The smallest absolute Gasteiger partial charge is 0.174 e. The van der Waals surface area contributed by atoms with E-state index in [9.17, 15) is 0 Å². The van der Waals surface area contributed by atoms with Gasteiger partial charge in [0.05, 0.1) is 7.11 Å². The molecule has 1 aliphatic rings. The van der Waals surface area contributed by atoms with Crippen molar-refractivity contribution in [2.75, 3.05) is 7.11 Å². The van der Waals surface area contributed by atoms with E-state index < -0.39 is 0 Å². The first-order valence-corrected chi connectivity index (χ1v) is 4.43. The van der Waals surface area contributed by atoms with Gasteiger partial charge in [0, 0.05) is 11.6 Å². The van der Waals surface area contributed by atoms with Crippen LogP contribution in [0.2, 0.25) is 0 Å². The molecule has 0 N–H and O–H groups in total. The van der Waals surface area contributed by atoms with E-state index in [1.807, 2.05) is 12.1 Å². The number of hydrogen-bond donors (Lipinski definition) is 0. The lowest BCUT2D eigenvalue weighted by molar-refractivity contribution is 0.413. The van der Waals surface area contributed by atoms with Crippen molar-refractivity contribution in [3.8, 4) is 17.2 Å². The lowest BCUT2D eigenvalue weighted by Gasteiger charge is -2.17. The molecule has 0 radical (unpaired) electrons. The van der Waals surface area contributed by atoms with Gasteiger partial charge in [0.15, 0.2) is 11.5 Å². The minimum atomic E-state index is 0.120. The van der Waals surface area contributed by atoms with E-state index in [2.05, 4.69) is 20.8 Å². The third kappa shape index (κ3) is 1.37. The molecule has 1 aliphatic heterocycles. The number of methoxy groups -OCH3 is 1. The summed E-state index contributed by atoms with van der Waals surface area (Å²) in [7, 11) is 1.68. The SMILES string of the molecule is COc1cc2c(c(C(C)(C)C)c1)O2. The molecule has 0 aromatic heterocycles. The molecule has 13 heavy (non-hydrogen) atoms. The van der Waals surface area contributed by atoms with Gasteiger partial charge >= 0.3 is 0 Å². The average Bonchev–Trinajstić information content (AvgIpc) is 2.78. The van der Waals surface area contributed by atoms with Crippen molar-refractivity contribution in [3.05, 3.63) is 17.7 Å². The van der Waals surface area contributed by atoms with E-state index in [0.717, 1.165) is 17.2 Å². The second-order valence-electron chi connectivity index (χ2n) is 4.35. The fourth-order valence-electron chi connectivity index (χ4n) is 1.42. The lowest BCUT2D eigenvalue weighted by atomic mass is 9.87. The molecule has 2 rings (SSSR count). The number of hydrogen-bond acceptors (Lipinski definition) is 2. The molecule has 0 unspecified atom stereocenters. The maximum atomic E-state index is 5.36. The molecule has 70 valence electrons. The van der Waals surface area contributed by atoms with Crippen LogP contribution in [0.1, 0.15) is 26.3 Å². The topological polar surface area (TPSA) is 21.8 Å². The Kier molecular flexibility index (Phi) is 1.56. The highest BCUT2D eigenvalue weighted by Gasteiger charge is 2.31. The van der Waals surface area contributed by atoms with Crippen LogP contribution in [0.25, 0.3) is 0 Å². The van der Waals surface area contributed by atoms with Crippen LogP contribution < -0.4 is 9.47 Å². The Labute approximate surface area is 78.5 Å². The van der Waals surface area contributed by atoms with E-state index in [1.165, 1.54) is 5.56 Å². The van der Waals surface area contributed by atoms with Crippen molar-refractivity contribution in [1.29, 1.82) is 0 Å². The predicted molar refractivity (Wildman–Crippen MR) is 51.8 cm³/mol. The minimum absolute atomic E-state index is 0.120. The van der Waals surface area contributed by atoms with Crippen LogP contribution in [0.4, 0.5) is 0 Å². The molecule has 0 bridgehead atoms. The van der Waals surface area contributed by atoms with Crippen LogP contribution >= 0.6 is 0 Å². The predicted octanol–water partition coefficient (Wildman–Crippen LogP) is 3.10. The Hall–Kier alpha value is -1.18. The summed E-state index contributed by atoms with van der Waals surface area (Å²) in [5.41, 5.74) is 1.34. The van der Waals surface area contributed by atoms with Crippen molar-refractivity contribution in [2.45, 2.75) is 26.2 Å². The first kappa shape index (κ1) is 8.42. The van der Waals surface area contributed by atoms with Gasteiger partial charge < -0.3 is 9.47 Å². The standard InChI is InChI=1S/C11H14O2/c1-11(2,3)8-5-7(12-4)6-9-10(8)13-9/h5-6H,1-4H3. The Morgan fingerprint density at radius 2 is 1.92 bits per heavy atom. The molecule has 0 atom stereocenters. The first-order valence-electron chi connectivity index (χ1n) is 4.43. The molecule has 2 nitrogen and oxygen atoms in total. The maximum Gasteiger partial charge on any atom is 0.174 e. The van der Waals surface area contributed by atoms with Crippen molar-refractivity contribution in [3.63, 3.8) is 0 Å². The van der Waals surface area contributed by atoms with Gasteiger partial charge in [0.2, 0.25) is 0 Å². The number of rotatable bonds is 1. The summed E-state index contributed by atoms with van der Waals surface area (Å²) in [4.78, 5) is 0. The maximum absolute atomic E-state index is 5.36. The Balaban J connectivity index is 2.49. The van der Waals surface area contributed by atoms with Gasteiger partial charge in [-0.05, 0) is 11.5 Å². The van der Waals surface area contributed by atoms with E-state index in [1.54, 1.807) is 7.11 Å². The molecular weight excluding hydrogens is 164 g/mol. The molecule has 0 saturated carbocycles. The van der Waals surface area contributed by atoms with Crippen molar-refractivity contribution in [1.82, 2.24) is 0 Å². The van der Waals surface area contributed by atoms with Crippen LogP contribution in [0.5, 0.6) is 17.2 Å². The molecule has 1 heterocycles. The highest BCUT2D eigenvalue weighted by atomic mass is 16.6. The third-order valence-electron chi connectivity index (χ3n) is 2.24. The molecule has 2 heteroatoms. The van der Waals surface area contributed by atoms with E-state index in [4.69, 9.17) is 9.47 Å². The Bertz CT molecular complexity index is 348. The van der Waals surface area contributed by atoms with Gasteiger partial charge in [-0.15, -0.1) is 0 Å². The largest absolute Gasteiger partial charge is 0.497 e. The molecule has 1 aromatic rings. The normalized spacial score (nSPS) is 13.2. The van der Waals surface area contributed by atoms with Gasteiger partial charge in [0.25, 0.3) is 0 Å². The van der Waals surface area contributed by atoms with Crippen molar-refractivity contribution in [2.24, 2.45) is 0 Å². The van der Waals surface area contributed by atoms with E-state index in [0.29, 0.717) is 0 Å². The van der Waals surface area contributed by atoms with Crippen LogP contribution in [0.3, 0.4) is 0 Å². The van der Waals surface area contributed by atoms with Gasteiger partial charge in [-0.2, -0.15) is 0 Å². The summed E-state index contributed by atoms with van der Waals surface area (Å²) >= 11 is 0. The van der Waals surface area contributed by atoms with Gasteiger partial charge in [0.1, 0.15) is 5.75 Å². The molecule has 0 spiro atoms. The monoisotopic (exact) mass is 178 g/mol. The number of benzene rings is 1. The lowest BCUT2D eigenvalue weighted by Crippen LogP contribution is -2.09. The molecule has 0 amide bonds. The summed E-state index contributed by atoms with van der Waals surface area (Å²) in [6, 6.07) is 3.97. The summed E-state index contributed by atoms with van der Waals surface area (Å²) in [6.45, 7) is 6.51. The minimum Gasteiger partial charge on any atom is -0.497 e. The van der Waals surface area contributed by atoms with Gasteiger partial charge in [-0.25, -0.2) is 0 Å². The first-order chi connectivity index (χ1) is 6.02. The zero-order chi connectivity index (χ0) is 9.64. The Morgan fingerprint density at radius 3 is 2.46 bits per heavy atom. The molecular formula is C11H14O2. The highest BCUT2D eigenvalue weighted by Crippen LogP contribution is 2.53. The van der Waals surface area contributed by atoms with Gasteiger partial charge in [-0.3, -0.25) is 0 Å². The average molecular weight is 178 g/mol. The second-order valence-corrected chi connectivity index (χ2v) is 4.35. The molecule has 0 aliphatic carbocycles. The molecule has 0 saturated heterocycles. The van der Waals surface area contributed by atoms with E-state index in [-0.39, 0.29) is 5.41 Å².